The predicted octanol–water partition coefficient (Wildman–Crippen LogP) is 3.08. The zero-order chi connectivity index (χ0) is 14.6. The van der Waals surface area contributed by atoms with Gasteiger partial charge in [-0.25, -0.2) is 0 Å². The molecule has 1 aliphatic rings. The molecular formula is C17H25NO2. The summed E-state index contributed by atoms with van der Waals surface area (Å²) in [5.74, 6) is -0.742. The first-order chi connectivity index (χ1) is 9.47. The van der Waals surface area contributed by atoms with Gasteiger partial charge in [0.2, 0.25) is 0 Å². The highest BCUT2D eigenvalue weighted by Crippen LogP contribution is 2.27. The number of benzene rings is 1. The molecule has 3 nitrogen and oxygen atoms in total. The minimum Gasteiger partial charge on any atom is -0.481 e. The minimum atomic E-state index is -0.742. The van der Waals surface area contributed by atoms with Crippen LogP contribution in [0, 0.1) is 0 Å². The largest absolute Gasteiger partial charge is 0.481 e. The van der Waals surface area contributed by atoms with Crippen molar-refractivity contribution >= 4 is 5.97 Å². The Balaban J connectivity index is 1.93. The fourth-order valence-corrected chi connectivity index (χ4v) is 2.90. The second kappa shape index (κ2) is 6.40. The zero-order valence-corrected chi connectivity index (χ0v) is 12.6. The molecule has 0 bridgehead atoms. The third kappa shape index (κ3) is 4.07. The van der Waals surface area contributed by atoms with E-state index >= 15 is 0 Å². The van der Waals surface area contributed by atoms with Crippen molar-refractivity contribution in [2.24, 2.45) is 0 Å². The van der Waals surface area contributed by atoms with Crippen molar-refractivity contribution in [3.05, 3.63) is 35.4 Å². The zero-order valence-electron chi connectivity index (χ0n) is 12.6. The lowest BCUT2D eigenvalue weighted by Crippen LogP contribution is -2.22. The van der Waals surface area contributed by atoms with E-state index in [0.717, 1.165) is 18.5 Å². The topological polar surface area (TPSA) is 40.5 Å². The van der Waals surface area contributed by atoms with Crippen LogP contribution in [0.1, 0.15) is 44.2 Å². The van der Waals surface area contributed by atoms with Crippen LogP contribution in [0.4, 0.5) is 0 Å². The van der Waals surface area contributed by atoms with Gasteiger partial charge in [0.05, 0.1) is 6.42 Å². The maximum absolute atomic E-state index is 10.9. The lowest BCUT2D eigenvalue weighted by atomic mass is 9.81. The molecule has 1 aromatic rings. The summed E-state index contributed by atoms with van der Waals surface area (Å²) in [6.07, 6.45) is 3.92. The number of nitrogens with zero attached hydrogens (tertiary/aromatic N) is 1. The molecule has 0 saturated carbocycles. The number of rotatable bonds is 6. The fourth-order valence-electron chi connectivity index (χ4n) is 2.90. The normalized spacial score (nSPS) is 16.5. The molecule has 3 heteroatoms. The van der Waals surface area contributed by atoms with Crippen molar-refractivity contribution in [3.63, 3.8) is 0 Å². The number of likely N-dealkylation sites (tertiary alicyclic amines) is 1. The van der Waals surface area contributed by atoms with Gasteiger partial charge in [-0.3, -0.25) is 4.79 Å². The van der Waals surface area contributed by atoms with E-state index in [1.165, 1.54) is 31.5 Å². The number of carboxylic acid groups (broad SMARTS) is 1. The molecule has 1 heterocycles. The number of aliphatic carboxylic acids is 1. The average Bonchev–Trinajstić information content (AvgIpc) is 2.88. The van der Waals surface area contributed by atoms with Crippen LogP contribution in [0.3, 0.4) is 0 Å². The van der Waals surface area contributed by atoms with Gasteiger partial charge in [0, 0.05) is 12.0 Å². The van der Waals surface area contributed by atoms with Gasteiger partial charge in [0.1, 0.15) is 0 Å². The Kier molecular flexibility index (Phi) is 4.81. The molecule has 1 saturated heterocycles. The van der Waals surface area contributed by atoms with E-state index in [1.54, 1.807) is 0 Å². The summed E-state index contributed by atoms with van der Waals surface area (Å²) in [6.45, 7) is 7.59. The van der Waals surface area contributed by atoms with Gasteiger partial charge < -0.3 is 10.0 Å². The first kappa shape index (κ1) is 15.0. The van der Waals surface area contributed by atoms with Gasteiger partial charge in [-0.05, 0) is 43.5 Å². The maximum atomic E-state index is 10.9. The quantitative estimate of drug-likeness (QED) is 0.867. The van der Waals surface area contributed by atoms with Gasteiger partial charge >= 0.3 is 5.97 Å². The molecule has 110 valence electrons. The van der Waals surface area contributed by atoms with E-state index < -0.39 is 5.97 Å². The van der Waals surface area contributed by atoms with E-state index in [0.29, 0.717) is 0 Å². The van der Waals surface area contributed by atoms with Crippen LogP contribution in [0.5, 0.6) is 0 Å². The highest BCUT2D eigenvalue weighted by molar-refractivity contribution is 5.68. The highest BCUT2D eigenvalue weighted by Gasteiger charge is 2.23. The van der Waals surface area contributed by atoms with Crippen LogP contribution >= 0.6 is 0 Å². The molecule has 1 N–H and O–H groups in total. The molecular weight excluding hydrogens is 250 g/mol. The van der Waals surface area contributed by atoms with Crippen LogP contribution in [0.25, 0.3) is 0 Å². The van der Waals surface area contributed by atoms with E-state index in [2.05, 4.69) is 29.2 Å². The fraction of sp³-hybridized carbons (Fsp3) is 0.588. The third-order valence-electron chi connectivity index (χ3n) is 4.24. The first-order valence-electron chi connectivity index (χ1n) is 7.51. The summed E-state index contributed by atoms with van der Waals surface area (Å²) in [5, 5.41) is 8.96. The summed E-state index contributed by atoms with van der Waals surface area (Å²) >= 11 is 0. The molecule has 0 spiro atoms. The standard InChI is InChI=1S/C17H25NO2/c1-17(2,13-16(19)20)15-7-5-14(6-8-15)9-12-18-10-3-4-11-18/h5-8H,3-4,9-13H2,1-2H3,(H,19,20). The first-order valence-corrected chi connectivity index (χ1v) is 7.51. The van der Waals surface area contributed by atoms with Crippen molar-refractivity contribution in [2.45, 2.75) is 44.9 Å². The van der Waals surface area contributed by atoms with Crippen molar-refractivity contribution in [3.8, 4) is 0 Å². The summed E-state index contributed by atoms with van der Waals surface area (Å²) in [4.78, 5) is 13.4. The predicted molar refractivity (Wildman–Crippen MR) is 81.1 cm³/mol. The number of carbonyl (C=O) groups is 1. The smallest absolute Gasteiger partial charge is 0.304 e. The Hall–Kier alpha value is -1.35. The Morgan fingerprint density at radius 1 is 1.20 bits per heavy atom. The van der Waals surface area contributed by atoms with Gasteiger partial charge in [0.15, 0.2) is 0 Å². The summed E-state index contributed by atoms with van der Waals surface area (Å²) in [5.41, 5.74) is 2.14. The Labute approximate surface area is 121 Å². The number of hydrogen-bond donors (Lipinski definition) is 1. The van der Waals surface area contributed by atoms with Gasteiger partial charge in [0.25, 0.3) is 0 Å². The van der Waals surface area contributed by atoms with Crippen LogP contribution in [0.15, 0.2) is 24.3 Å². The third-order valence-corrected chi connectivity index (χ3v) is 4.24. The van der Waals surface area contributed by atoms with E-state index in [9.17, 15) is 4.79 Å². The second-order valence-corrected chi connectivity index (χ2v) is 6.45. The average molecular weight is 275 g/mol. The molecule has 0 aromatic heterocycles. The maximum Gasteiger partial charge on any atom is 0.304 e. The van der Waals surface area contributed by atoms with E-state index in [-0.39, 0.29) is 11.8 Å². The van der Waals surface area contributed by atoms with E-state index in [4.69, 9.17) is 5.11 Å². The second-order valence-electron chi connectivity index (χ2n) is 6.45. The van der Waals surface area contributed by atoms with E-state index in [1.807, 2.05) is 13.8 Å². The lowest BCUT2D eigenvalue weighted by Gasteiger charge is -2.23. The van der Waals surface area contributed by atoms with Gasteiger partial charge in [-0.15, -0.1) is 0 Å². The van der Waals surface area contributed by atoms with Crippen molar-refractivity contribution in [1.29, 1.82) is 0 Å². The van der Waals surface area contributed by atoms with Crippen LogP contribution in [0.2, 0.25) is 0 Å². The molecule has 0 unspecified atom stereocenters. The minimum absolute atomic E-state index is 0.167. The number of carboxylic acids is 1. The Morgan fingerprint density at radius 2 is 1.80 bits per heavy atom. The number of hydrogen-bond acceptors (Lipinski definition) is 2. The highest BCUT2D eigenvalue weighted by atomic mass is 16.4. The molecule has 0 aliphatic carbocycles. The van der Waals surface area contributed by atoms with Crippen LogP contribution < -0.4 is 0 Å². The van der Waals surface area contributed by atoms with Crippen LogP contribution in [-0.2, 0) is 16.6 Å². The van der Waals surface area contributed by atoms with Crippen molar-refractivity contribution in [1.82, 2.24) is 4.90 Å². The summed E-state index contributed by atoms with van der Waals surface area (Å²) in [6, 6.07) is 8.47. The lowest BCUT2D eigenvalue weighted by molar-refractivity contribution is -0.138. The molecule has 0 atom stereocenters. The molecule has 1 aromatic carbocycles. The summed E-state index contributed by atoms with van der Waals surface area (Å²) < 4.78 is 0. The van der Waals surface area contributed by atoms with Crippen LogP contribution in [-0.4, -0.2) is 35.6 Å². The van der Waals surface area contributed by atoms with Gasteiger partial charge in [-0.1, -0.05) is 38.1 Å². The molecule has 1 aliphatic heterocycles. The Morgan fingerprint density at radius 3 is 2.35 bits per heavy atom. The van der Waals surface area contributed by atoms with Crippen molar-refractivity contribution in [2.75, 3.05) is 19.6 Å². The monoisotopic (exact) mass is 275 g/mol. The van der Waals surface area contributed by atoms with Gasteiger partial charge in [-0.2, -0.15) is 0 Å². The molecule has 20 heavy (non-hydrogen) atoms. The molecule has 1 fully saturated rings. The molecule has 2 rings (SSSR count). The van der Waals surface area contributed by atoms with Crippen molar-refractivity contribution < 1.29 is 9.90 Å². The summed E-state index contributed by atoms with van der Waals surface area (Å²) in [7, 11) is 0. The SMILES string of the molecule is CC(C)(CC(=O)O)c1ccc(CCN2CCCC2)cc1. The molecule has 0 amide bonds. The Bertz CT molecular complexity index is 445. The molecule has 0 radical (unpaired) electrons.